The van der Waals surface area contributed by atoms with E-state index in [0.29, 0.717) is 0 Å². The molecular weight excluding hydrogens is 275 g/mol. The maximum atomic E-state index is 13.8. The summed E-state index contributed by atoms with van der Waals surface area (Å²) >= 11 is 1.01. The molecule has 0 saturated heterocycles. The van der Waals surface area contributed by atoms with Gasteiger partial charge in [0.15, 0.2) is 11.6 Å². The average Bonchev–Trinajstić information content (AvgIpc) is 2.34. The van der Waals surface area contributed by atoms with Crippen molar-refractivity contribution in [2.24, 2.45) is 0 Å². The minimum Gasteiger partial charge on any atom is -0.493 e. The Hall–Kier alpha value is -1.80. The highest BCUT2D eigenvalue weighted by molar-refractivity contribution is 7.95. The van der Waals surface area contributed by atoms with Crippen LogP contribution >= 0.6 is 12.1 Å². The van der Waals surface area contributed by atoms with Crippen LogP contribution in [-0.2, 0) is 0 Å². The summed E-state index contributed by atoms with van der Waals surface area (Å²) in [5.74, 6) is -3.47. The smallest absolute Gasteiger partial charge is 0.338 e. The largest absolute Gasteiger partial charge is 0.493 e. The standard InChI is InChI=1S/C11H13FN2O4S/c1-14(2)19-13-10(15)7-5-4-6(11(16)17)8(12)9(7)18-3/h4-5H,1-3H3,(H,13,15)(H,16,17). The quantitative estimate of drug-likeness (QED) is 0.797. The molecule has 0 aromatic heterocycles. The summed E-state index contributed by atoms with van der Waals surface area (Å²) in [4.78, 5) is 22.6. The number of carbonyl (C=O) groups excluding carboxylic acids is 1. The number of benzene rings is 1. The zero-order valence-corrected chi connectivity index (χ0v) is 11.4. The van der Waals surface area contributed by atoms with E-state index in [2.05, 4.69) is 4.72 Å². The highest BCUT2D eigenvalue weighted by Gasteiger charge is 2.22. The predicted molar refractivity (Wildman–Crippen MR) is 68.7 cm³/mol. The molecule has 0 aliphatic rings. The Balaban J connectivity index is 3.12. The number of carbonyl (C=O) groups is 2. The van der Waals surface area contributed by atoms with Crippen LogP contribution in [0.4, 0.5) is 4.39 Å². The number of nitrogens with one attached hydrogen (secondary N) is 1. The van der Waals surface area contributed by atoms with Crippen LogP contribution < -0.4 is 9.46 Å². The number of ether oxygens (including phenoxy) is 1. The topological polar surface area (TPSA) is 78.9 Å². The summed E-state index contributed by atoms with van der Waals surface area (Å²) in [6, 6.07) is 2.23. The molecule has 0 atom stereocenters. The molecule has 8 heteroatoms. The molecule has 0 bridgehead atoms. The van der Waals surface area contributed by atoms with E-state index < -0.39 is 29.0 Å². The van der Waals surface area contributed by atoms with Gasteiger partial charge in [-0.05, 0) is 26.2 Å². The lowest BCUT2D eigenvalue weighted by molar-refractivity contribution is 0.0690. The molecule has 2 N–H and O–H groups in total. The van der Waals surface area contributed by atoms with E-state index in [4.69, 9.17) is 9.84 Å². The molecule has 0 saturated carbocycles. The zero-order chi connectivity index (χ0) is 14.6. The molecule has 1 aromatic rings. The fraction of sp³-hybridized carbons (Fsp3) is 0.273. The average molecular weight is 288 g/mol. The summed E-state index contributed by atoms with van der Waals surface area (Å²) in [5.41, 5.74) is -0.618. The van der Waals surface area contributed by atoms with Gasteiger partial charge in [-0.3, -0.25) is 9.52 Å². The van der Waals surface area contributed by atoms with Crippen molar-refractivity contribution < 1.29 is 23.8 Å². The number of halogens is 1. The fourth-order valence-corrected chi connectivity index (χ4v) is 1.66. The van der Waals surface area contributed by atoms with E-state index >= 15 is 0 Å². The van der Waals surface area contributed by atoms with E-state index in [1.807, 2.05) is 0 Å². The van der Waals surface area contributed by atoms with Crippen molar-refractivity contribution in [2.45, 2.75) is 0 Å². The minimum atomic E-state index is -1.43. The van der Waals surface area contributed by atoms with Gasteiger partial charge in [0.05, 0.1) is 18.2 Å². The molecule has 1 rings (SSSR count). The number of amides is 1. The molecule has 0 heterocycles. The van der Waals surface area contributed by atoms with Crippen molar-refractivity contribution in [2.75, 3.05) is 21.2 Å². The lowest BCUT2D eigenvalue weighted by atomic mass is 10.1. The highest BCUT2D eigenvalue weighted by Crippen LogP contribution is 2.26. The Morgan fingerprint density at radius 2 is 1.95 bits per heavy atom. The van der Waals surface area contributed by atoms with Gasteiger partial charge in [-0.1, -0.05) is 0 Å². The molecule has 0 aliphatic carbocycles. The second-order valence-corrected chi connectivity index (χ2v) is 4.76. The maximum absolute atomic E-state index is 13.8. The molecule has 0 fully saturated rings. The second kappa shape index (κ2) is 6.39. The van der Waals surface area contributed by atoms with Crippen LogP contribution in [0.3, 0.4) is 0 Å². The van der Waals surface area contributed by atoms with Crippen LogP contribution in [0.1, 0.15) is 20.7 Å². The first-order chi connectivity index (χ1) is 8.88. The van der Waals surface area contributed by atoms with Crippen molar-refractivity contribution in [3.8, 4) is 5.75 Å². The van der Waals surface area contributed by atoms with Gasteiger partial charge in [0, 0.05) is 12.1 Å². The van der Waals surface area contributed by atoms with Gasteiger partial charge in [-0.2, -0.15) is 0 Å². The first-order valence-electron chi connectivity index (χ1n) is 5.13. The van der Waals surface area contributed by atoms with Crippen LogP contribution in [0.15, 0.2) is 12.1 Å². The zero-order valence-electron chi connectivity index (χ0n) is 10.6. The first-order valence-corrected chi connectivity index (χ1v) is 5.90. The second-order valence-electron chi connectivity index (χ2n) is 3.65. The monoisotopic (exact) mass is 288 g/mol. The molecule has 6 nitrogen and oxygen atoms in total. The number of carboxylic acid groups (broad SMARTS) is 1. The number of hydrogen-bond acceptors (Lipinski definition) is 5. The Morgan fingerprint density at radius 3 is 2.42 bits per heavy atom. The van der Waals surface area contributed by atoms with Crippen LogP contribution in [0, 0.1) is 5.82 Å². The third-order valence-corrected chi connectivity index (χ3v) is 2.74. The van der Waals surface area contributed by atoms with E-state index in [1.54, 1.807) is 18.4 Å². The van der Waals surface area contributed by atoms with Gasteiger partial charge in [0.25, 0.3) is 5.91 Å². The maximum Gasteiger partial charge on any atom is 0.338 e. The third-order valence-electron chi connectivity index (χ3n) is 2.10. The summed E-state index contributed by atoms with van der Waals surface area (Å²) in [5, 5.41) is 8.78. The summed E-state index contributed by atoms with van der Waals surface area (Å²) in [7, 11) is 4.60. The van der Waals surface area contributed by atoms with E-state index in [-0.39, 0.29) is 5.56 Å². The Labute approximate surface area is 113 Å². The molecule has 0 unspecified atom stereocenters. The van der Waals surface area contributed by atoms with Crippen LogP contribution in [0.25, 0.3) is 0 Å². The Bertz CT molecular complexity index is 508. The SMILES string of the molecule is COc1c(C(=O)NSN(C)C)ccc(C(=O)O)c1F. The van der Waals surface area contributed by atoms with Crippen molar-refractivity contribution in [3.05, 3.63) is 29.1 Å². The minimum absolute atomic E-state index is 0.0700. The van der Waals surface area contributed by atoms with Gasteiger partial charge in [0.2, 0.25) is 0 Å². The fourth-order valence-electron chi connectivity index (χ4n) is 1.29. The van der Waals surface area contributed by atoms with E-state index in [9.17, 15) is 14.0 Å². The number of aromatic carboxylic acids is 1. The van der Waals surface area contributed by atoms with Gasteiger partial charge in [-0.25, -0.2) is 13.5 Å². The summed E-state index contributed by atoms with van der Waals surface area (Å²) in [6.07, 6.45) is 0. The van der Waals surface area contributed by atoms with Crippen LogP contribution in [0.2, 0.25) is 0 Å². The van der Waals surface area contributed by atoms with E-state index in [0.717, 1.165) is 18.2 Å². The molecule has 0 radical (unpaired) electrons. The number of carboxylic acids is 1. The third kappa shape index (κ3) is 3.58. The van der Waals surface area contributed by atoms with Gasteiger partial charge < -0.3 is 9.84 Å². The predicted octanol–water partition coefficient (Wildman–Crippen LogP) is 1.39. The number of nitrogens with zero attached hydrogens (tertiary/aromatic N) is 1. The van der Waals surface area contributed by atoms with Gasteiger partial charge in [-0.15, -0.1) is 0 Å². The van der Waals surface area contributed by atoms with Gasteiger partial charge in [0.1, 0.15) is 0 Å². The number of rotatable bonds is 5. The van der Waals surface area contributed by atoms with Crippen LogP contribution in [0.5, 0.6) is 5.75 Å². The highest BCUT2D eigenvalue weighted by atomic mass is 32.2. The lowest BCUT2D eigenvalue weighted by Crippen LogP contribution is -2.22. The summed E-state index contributed by atoms with van der Waals surface area (Å²) in [6.45, 7) is 0. The van der Waals surface area contributed by atoms with Crippen molar-refractivity contribution in [1.29, 1.82) is 0 Å². The molecule has 0 spiro atoms. The number of hydrogen-bond donors (Lipinski definition) is 2. The lowest BCUT2D eigenvalue weighted by Gasteiger charge is -2.12. The van der Waals surface area contributed by atoms with Gasteiger partial charge >= 0.3 is 5.97 Å². The molecule has 1 amide bonds. The molecule has 19 heavy (non-hydrogen) atoms. The number of methoxy groups -OCH3 is 1. The Kier molecular flexibility index (Phi) is 5.13. The van der Waals surface area contributed by atoms with Crippen molar-refractivity contribution in [3.63, 3.8) is 0 Å². The molecular formula is C11H13FN2O4S. The molecule has 104 valence electrons. The van der Waals surface area contributed by atoms with E-state index in [1.165, 1.54) is 13.2 Å². The normalized spacial score (nSPS) is 10.4. The summed E-state index contributed by atoms with van der Waals surface area (Å²) < 4.78 is 22.7. The van der Waals surface area contributed by atoms with Crippen LogP contribution in [-0.4, -0.2) is 42.5 Å². The molecule has 1 aromatic carbocycles. The van der Waals surface area contributed by atoms with Crippen molar-refractivity contribution >= 4 is 24.0 Å². The molecule has 0 aliphatic heterocycles. The Morgan fingerprint density at radius 1 is 1.37 bits per heavy atom. The first kappa shape index (κ1) is 15.3. The van der Waals surface area contributed by atoms with Crippen molar-refractivity contribution in [1.82, 2.24) is 9.03 Å².